The average Bonchev–Trinajstić information content (AvgIpc) is 1.79. The molecule has 1 heteroatoms. The lowest BCUT2D eigenvalue weighted by atomic mass is 10.3. The van der Waals surface area contributed by atoms with Crippen molar-refractivity contribution in [1.29, 1.82) is 0 Å². The van der Waals surface area contributed by atoms with Crippen LogP contribution in [0.2, 0.25) is 0 Å². The molecule has 0 spiro atoms. The predicted molar refractivity (Wildman–Crippen MR) is 39.5 cm³/mol. The van der Waals surface area contributed by atoms with Crippen LogP contribution in [0.25, 0.3) is 0 Å². The van der Waals surface area contributed by atoms with E-state index in [-0.39, 0.29) is 0 Å². The van der Waals surface area contributed by atoms with Gasteiger partial charge >= 0.3 is 0 Å². The summed E-state index contributed by atoms with van der Waals surface area (Å²) in [7, 11) is 0. The van der Waals surface area contributed by atoms with E-state index in [4.69, 9.17) is 0 Å². The van der Waals surface area contributed by atoms with Crippen molar-refractivity contribution in [2.75, 3.05) is 0 Å². The van der Waals surface area contributed by atoms with Crippen LogP contribution in [0.4, 0.5) is 0 Å². The van der Waals surface area contributed by atoms with Gasteiger partial charge in [0.15, 0.2) is 0 Å². The van der Waals surface area contributed by atoms with Gasteiger partial charge in [-0.15, -0.1) is 5.73 Å². The number of hydrogen-bond acceptors (Lipinski definition) is 1. The fraction of sp³-hybridized carbons (Fsp3) is 0.250. The van der Waals surface area contributed by atoms with Gasteiger partial charge in [-0.25, -0.2) is 0 Å². The zero-order valence-corrected chi connectivity index (χ0v) is 5.46. The van der Waals surface area contributed by atoms with Gasteiger partial charge in [0.1, 0.15) is 0 Å². The van der Waals surface area contributed by atoms with Crippen LogP contribution in [-0.2, 0) is 0 Å². The highest BCUT2D eigenvalue weighted by atomic mass is 14.7. The Morgan fingerprint density at radius 3 is 3.44 bits per heavy atom. The lowest BCUT2D eigenvalue weighted by Crippen LogP contribution is -1.74. The lowest BCUT2D eigenvalue weighted by molar-refractivity contribution is 1.29. The van der Waals surface area contributed by atoms with Crippen LogP contribution in [-0.4, -0.2) is 6.21 Å². The first-order valence-electron chi connectivity index (χ1n) is 3.00. The summed E-state index contributed by atoms with van der Waals surface area (Å²) >= 11 is 0. The number of rotatable bonds is 0. The Hall–Kier alpha value is -1.07. The molecule has 0 saturated heterocycles. The number of nitrogens with zero attached hydrogens (tertiary/aromatic N) is 1. The van der Waals surface area contributed by atoms with Crippen molar-refractivity contribution in [2.45, 2.75) is 13.3 Å². The zero-order chi connectivity index (χ0) is 6.53. The quantitative estimate of drug-likeness (QED) is 0.433. The van der Waals surface area contributed by atoms with Crippen LogP contribution >= 0.6 is 0 Å². The van der Waals surface area contributed by atoms with Gasteiger partial charge in [0, 0.05) is 18.3 Å². The molecule has 46 valence electrons. The van der Waals surface area contributed by atoms with Gasteiger partial charge in [-0.05, 0) is 25.2 Å². The summed E-state index contributed by atoms with van der Waals surface area (Å²) in [6, 6.07) is 0. The molecular formula is C8H9N. The summed E-state index contributed by atoms with van der Waals surface area (Å²) in [5.74, 6) is 0. The van der Waals surface area contributed by atoms with E-state index in [1.807, 2.05) is 31.4 Å². The molecule has 0 atom stereocenters. The van der Waals surface area contributed by atoms with E-state index in [9.17, 15) is 0 Å². The Labute approximate surface area is 55.1 Å². The highest BCUT2D eigenvalue weighted by Crippen LogP contribution is 1.95. The van der Waals surface area contributed by atoms with Gasteiger partial charge in [-0.1, -0.05) is 0 Å². The van der Waals surface area contributed by atoms with E-state index < -0.39 is 0 Å². The van der Waals surface area contributed by atoms with Gasteiger partial charge < -0.3 is 0 Å². The van der Waals surface area contributed by atoms with Gasteiger partial charge in [0.25, 0.3) is 0 Å². The maximum Gasteiger partial charge on any atom is 0.0375 e. The molecule has 0 aliphatic carbocycles. The van der Waals surface area contributed by atoms with Crippen LogP contribution in [0.15, 0.2) is 34.6 Å². The minimum Gasteiger partial charge on any atom is -0.266 e. The van der Waals surface area contributed by atoms with Crippen molar-refractivity contribution < 1.29 is 0 Å². The molecule has 0 N–H and O–H groups in total. The zero-order valence-electron chi connectivity index (χ0n) is 5.46. The van der Waals surface area contributed by atoms with Crippen LogP contribution in [0.5, 0.6) is 0 Å². The molecule has 0 bridgehead atoms. The normalized spacial score (nSPS) is 22.6. The van der Waals surface area contributed by atoms with Crippen molar-refractivity contribution in [3.8, 4) is 0 Å². The molecule has 1 rings (SSSR count). The van der Waals surface area contributed by atoms with Crippen molar-refractivity contribution >= 4 is 6.21 Å². The molecule has 1 heterocycles. The molecule has 0 unspecified atom stereocenters. The topological polar surface area (TPSA) is 12.4 Å². The Bertz CT molecular complexity index is 203. The number of hydrogen-bond donors (Lipinski definition) is 0. The van der Waals surface area contributed by atoms with Crippen LogP contribution < -0.4 is 0 Å². The molecule has 0 radical (unpaired) electrons. The van der Waals surface area contributed by atoms with Crippen LogP contribution in [0.3, 0.4) is 0 Å². The van der Waals surface area contributed by atoms with Gasteiger partial charge in [-0.2, -0.15) is 0 Å². The van der Waals surface area contributed by atoms with E-state index in [0.29, 0.717) is 0 Å². The maximum atomic E-state index is 4.12. The first-order chi connectivity index (χ1) is 4.39. The van der Waals surface area contributed by atoms with Gasteiger partial charge in [0.05, 0.1) is 0 Å². The molecule has 1 nitrogen and oxygen atoms in total. The summed E-state index contributed by atoms with van der Waals surface area (Å²) in [6.45, 7) is 1.97. The fourth-order valence-corrected chi connectivity index (χ4v) is 0.597. The van der Waals surface area contributed by atoms with Gasteiger partial charge in [0.2, 0.25) is 0 Å². The second kappa shape index (κ2) is 3.06. The first kappa shape index (κ1) is 6.06. The molecule has 0 fully saturated rings. The lowest BCUT2D eigenvalue weighted by Gasteiger charge is -1.88. The molecule has 9 heavy (non-hydrogen) atoms. The SMILES string of the molecule is C/C1=C/C=C=CCC=N1. The molecule has 0 amide bonds. The van der Waals surface area contributed by atoms with Crippen molar-refractivity contribution in [2.24, 2.45) is 4.99 Å². The largest absolute Gasteiger partial charge is 0.266 e. The van der Waals surface area contributed by atoms with Crippen molar-refractivity contribution in [3.05, 3.63) is 29.7 Å². The molecule has 0 aromatic carbocycles. The highest BCUT2D eigenvalue weighted by Gasteiger charge is 1.79. The molecule has 0 aromatic rings. The molecular weight excluding hydrogens is 110 g/mol. The molecule has 0 aromatic heterocycles. The Balaban J connectivity index is 2.82. The minimum absolute atomic E-state index is 0.891. The predicted octanol–water partition coefficient (Wildman–Crippen LogP) is 2.08. The summed E-state index contributed by atoms with van der Waals surface area (Å²) in [4.78, 5) is 4.12. The Morgan fingerprint density at radius 1 is 1.67 bits per heavy atom. The molecule has 1 aliphatic rings. The highest BCUT2D eigenvalue weighted by molar-refractivity contribution is 5.61. The second-order valence-corrected chi connectivity index (χ2v) is 1.89. The van der Waals surface area contributed by atoms with E-state index in [1.54, 1.807) is 0 Å². The van der Waals surface area contributed by atoms with E-state index in [2.05, 4.69) is 10.7 Å². The van der Waals surface area contributed by atoms with Crippen LogP contribution in [0, 0.1) is 0 Å². The number of allylic oxidation sites excluding steroid dienone is 3. The average molecular weight is 119 g/mol. The van der Waals surface area contributed by atoms with E-state index in [0.717, 1.165) is 12.1 Å². The summed E-state index contributed by atoms with van der Waals surface area (Å²) in [6.07, 6.45) is 8.54. The smallest absolute Gasteiger partial charge is 0.0375 e. The van der Waals surface area contributed by atoms with E-state index >= 15 is 0 Å². The van der Waals surface area contributed by atoms with Crippen LogP contribution in [0.1, 0.15) is 13.3 Å². The minimum atomic E-state index is 0.891. The summed E-state index contributed by atoms with van der Waals surface area (Å²) < 4.78 is 0. The molecule has 0 saturated carbocycles. The number of aliphatic imine (C=N–C) groups is 1. The third kappa shape index (κ3) is 2.11. The maximum absolute atomic E-state index is 4.12. The van der Waals surface area contributed by atoms with Crippen molar-refractivity contribution in [1.82, 2.24) is 0 Å². The summed E-state index contributed by atoms with van der Waals surface area (Å²) in [5, 5.41) is 0. The standard InChI is InChI=1S/C8H9N/c1-8-6-4-2-3-5-7-9-8/h3-4,6-7H,5H2,1H3/b8-6-,9-7?. The monoisotopic (exact) mass is 119 g/mol. The first-order valence-corrected chi connectivity index (χ1v) is 3.00. The molecule has 1 aliphatic heterocycles. The fourth-order valence-electron chi connectivity index (χ4n) is 0.597. The second-order valence-electron chi connectivity index (χ2n) is 1.89. The Morgan fingerprint density at radius 2 is 2.56 bits per heavy atom. The Kier molecular flexibility index (Phi) is 2.06. The van der Waals surface area contributed by atoms with E-state index in [1.165, 1.54) is 0 Å². The summed E-state index contributed by atoms with van der Waals surface area (Å²) in [5.41, 5.74) is 4.04. The third-order valence-corrected chi connectivity index (χ3v) is 1.06. The third-order valence-electron chi connectivity index (χ3n) is 1.06. The van der Waals surface area contributed by atoms with Crippen molar-refractivity contribution in [3.63, 3.8) is 0 Å². The van der Waals surface area contributed by atoms with Gasteiger partial charge in [-0.3, -0.25) is 4.99 Å².